The fourth-order valence-electron chi connectivity index (χ4n) is 3.49. The Bertz CT molecular complexity index is 1190. The van der Waals surface area contributed by atoms with Crippen LogP contribution in [0.3, 0.4) is 0 Å². The van der Waals surface area contributed by atoms with Gasteiger partial charge in [-0.05, 0) is 61.7 Å². The van der Waals surface area contributed by atoms with Crippen LogP contribution in [-0.2, 0) is 14.6 Å². The molecule has 0 saturated heterocycles. The first-order valence-corrected chi connectivity index (χ1v) is 12.5. The SMILES string of the molecule is COCCCCCCCS(=O)(=O)c1ccc(-c2nc(-c3ccc(C(=O)O)c(C)c3)no2)cc1. The van der Waals surface area contributed by atoms with E-state index in [9.17, 15) is 13.2 Å². The average Bonchev–Trinajstić information content (AvgIpc) is 3.28. The molecule has 1 heterocycles. The number of carboxylic acids is 1. The molecule has 0 radical (unpaired) electrons. The van der Waals surface area contributed by atoms with Crippen molar-refractivity contribution >= 4 is 15.8 Å². The van der Waals surface area contributed by atoms with E-state index >= 15 is 0 Å². The number of benzene rings is 2. The second kappa shape index (κ2) is 11.2. The summed E-state index contributed by atoms with van der Waals surface area (Å²) in [6.45, 7) is 2.44. The minimum atomic E-state index is -3.35. The lowest BCUT2D eigenvalue weighted by molar-refractivity contribution is 0.0696. The Morgan fingerprint density at radius 1 is 1.00 bits per heavy atom. The maximum absolute atomic E-state index is 12.6. The predicted octanol–water partition coefficient (Wildman–Crippen LogP) is 4.78. The summed E-state index contributed by atoms with van der Waals surface area (Å²) < 4.78 is 35.5. The van der Waals surface area contributed by atoms with E-state index in [-0.39, 0.29) is 22.1 Å². The summed E-state index contributed by atoms with van der Waals surface area (Å²) in [6.07, 6.45) is 4.53. The number of unbranched alkanes of at least 4 members (excludes halogenated alkanes) is 4. The highest BCUT2D eigenvalue weighted by molar-refractivity contribution is 7.91. The molecule has 1 aromatic heterocycles. The van der Waals surface area contributed by atoms with E-state index in [0.717, 1.165) is 32.3 Å². The van der Waals surface area contributed by atoms with Gasteiger partial charge in [0.15, 0.2) is 9.84 Å². The number of aromatic carboxylic acids is 1. The minimum absolute atomic E-state index is 0.118. The van der Waals surface area contributed by atoms with Gasteiger partial charge >= 0.3 is 5.97 Å². The van der Waals surface area contributed by atoms with Gasteiger partial charge in [0.25, 0.3) is 5.89 Å². The topological polar surface area (TPSA) is 120 Å². The molecule has 0 saturated carbocycles. The van der Waals surface area contributed by atoms with Crippen LogP contribution in [0.5, 0.6) is 0 Å². The van der Waals surface area contributed by atoms with Gasteiger partial charge < -0.3 is 14.4 Å². The molecule has 3 aromatic rings. The summed E-state index contributed by atoms with van der Waals surface area (Å²) in [6, 6.07) is 11.2. The van der Waals surface area contributed by atoms with E-state index in [2.05, 4.69) is 10.1 Å². The fraction of sp³-hybridized carbons (Fsp3) is 0.375. The molecular weight excluding hydrogens is 444 g/mol. The van der Waals surface area contributed by atoms with Crippen LogP contribution in [0.4, 0.5) is 0 Å². The summed E-state index contributed by atoms with van der Waals surface area (Å²) in [7, 11) is -1.67. The highest BCUT2D eigenvalue weighted by Gasteiger charge is 2.17. The zero-order valence-electron chi connectivity index (χ0n) is 18.8. The van der Waals surface area contributed by atoms with Crippen LogP contribution in [0, 0.1) is 6.92 Å². The smallest absolute Gasteiger partial charge is 0.335 e. The van der Waals surface area contributed by atoms with E-state index in [1.165, 1.54) is 6.07 Å². The van der Waals surface area contributed by atoms with E-state index < -0.39 is 15.8 Å². The lowest BCUT2D eigenvalue weighted by Crippen LogP contribution is -2.06. The molecule has 0 aliphatic heterocycles. The third-order valence-corrected chi connectivity index (χ3v) is 7.18. The van der Waals surface area contributed by atoms with Crippen LogP contribution in [0.15, 0.2) is 51.9 Å². The van der Waals surface area contributed by atoms with Crippen molar-refractivity contribution in [3.05, 3.63) is 53.6 Å². The summed E-state index contributed by atoms with van der Waals surface area (Å²) in [5.41, 5.74) is 2.04. The number of hydrogen-bond donors (Lipinski definition) is 1. The van der Waals surface area contributed by atoms with Crippen molar-refractivity contribution in [1.29, 1.82) is 0 Å². The number of aryl methyl sites for hydroxylation is 1. The van der Waals surface area contributed by atoms with Crippen molar-refractivity contribution in [2.45, 2.75) is 43.9 Å². The van der Waals surface area contributed by atoms with Crippen molar-refractivity contribution in [3.8, 4) is 22.8 Å². The van der Waals surface area contributed by atoms with Crippen molar-refractivity contribution in [1.82, 2.24) is 10.1 Å². The molecule has 0 spiro atoms. The molecule has 0 aliphatic rings. The van der Waals surface area contributed by atoms with Crippen LogP contribution < -0.4 is 0 Å². The van der Waals surface area contributed by atoms with Crippen LogP contribution in [0.25, 0.3) is 22.8 Å². The van der Waals surface area contributed by atoms with E-state index in [0.29, 0.717) is 28.9 Å². The largest absolute Gasteiger partial charge is 0.478 e. The molecule has 9 heteroatoms. The quantitative estimate of drug-likeness (QED) is 0.374. The van der Waals surface area contributed by atoms with Gasteiger partial charge in [-0.15, -0.1) is 0 Å². The fourth-order valence-corrected chi connectivity index (χ4v) is 4.86. The maximum atomic E-state index is 12.6. The predicted molar refractivity (Wildman–Crippen MR) is 124 cm³/mol. The summed E-state index contributed by atoms with van der Waals surface area (Å²) in [5, 5.41) is 13.1. The van der Waals surface area contributed by atoms with Gasteiger partial charge in [0.1, 0.15) is 0 Å². The molecular formula is C24H28N2O6S. The number of sulfone groups is 1. The highest BCUT2D eigenvalue weighted by atomic mass is 32.2. The average molecular weight is 473 g/mol. The van der Waals surface area contributed by atoms with Crippen LogP contribution in [-0.4, -0.2) is 49.1 Å². The first kappa shape index (κ1) is 24.6. The van der Waals surface area contributed by atoms with E-state index in [4.69, 9.17) is 14.4 Å². The summed E-state index contributed by atoms with van der Waals surface area (Å²) in [4.78, 5) is 15.8. The van der Waals surface area contributed by atoms with Gasteiger partial charge in [-0.3, -0.25) is 0 Å². The Morgan fingerprint density at radius 3 is 2.33 bits per heavy atom. The zero-order valence-corrected chi connectivity index (χ0v) is 19.6. The number of nitrogens with zero attached hydrogens (tertiary/aromatic N) is 2. The number of methoxy groups -OCH3 is 1. The Hall–Kier alpha value is -3.04. The lowest BCUT2D eigenvalue weighted by atomic mass is 10.0. The molecule has 0 aliphatic carbocycles. The van der Waals surface area contributed by atoms with Gasteiger partial charge in [-0.25, -0.2) is 13.2 Å². The molecule has 176 valence electrons. The number of hydrogen-bond acceptors (Lipinski definition) is 7. The number of carboxylic acid groups (broad SMARTS) is 1. The summed E-state index contributed by atoms with van der Waals surface area (Å²) >= 11 is 0. The lowest BCUT2D eigenvalue weighted by Gasteiger charge is -2.05. The van der Waals surface area contributed by atoms with Gasteiger partial charge in [-0.2, -0.15) is 4.98 Å². The van der Waals surface area contributed by atoms with Crippen LogP contribution >= 0.6 is 0 Å². The second-order valence-electron chi connectivity index (χ2n) is 7.86. The number of aromatic nitrogens is 2. The molecule has 8 nitrogen and oxygen atoms in total. The maximum Gasteiger partial charge on any atom is 0.335 e. The van der Waals surface area contributed by atoms with Crippen LogP contribution in [0.2, 0.25) is 0 Å². The molecule has 3 rings (SSSR count). The third-order valence-electron chi connectivity index (χ3n) is 5.36. The highest BCUT2D eigenvalue weighted by Crippen LogP contribution is 2.25. The number of rotatable bonds is 12. The van der Waals surface area contributed by atoms with E-state index in [1.54, 1.807) is 50.4 Å². The molecule has 2 aromatic carbocycles. The van der Waals surface area contributed by atoms with Gasteiger partial charge in [0.05, 0.1) is 16.2 Å². The zero-order chi connectivity index (χ0) is 23.8. The second-order valence-corrected chi connectivity index (χ2v) is 9.97. The molecule has 0 fully saturated rings. The minimum Gasteiger partial charge on any atom is -0.478 e. The number of carbonyl (C=O) groups is 1. The Kier molecular flexibility index (Phi) is 8.35. The first-order valence-electron chi connectivity index (χ1n) is 10.8. The molecule has 0 atom stereocenters. The third kappa shape index (κ3) is 6.49. The van der Waals surface area contributed by atoms with Crippen molar-refractivity contribution in [2.75, 3.05) is 19.5 Å². The van der Waals surface area contributed by atoms with Gasteiger partial charge in [0, 0.05) is 24.8 Å². The summed E-state index contributed by atoms with van der Waals surface area (Å²) in [5.74, 6) is -0.297. The Balaban J connectivity index is 1.63. The van der Waals surface area contributed by atoms with Gasteiger partial charge in [0.2, 0.25) is 5.82 Å². The standard InChI is InChI=1S/C24H28N2O6S/c1-17-16-19(10-13-21(17)24(27)28)22-25-23(32-26-22)18-8-11-20(12-9-18)33(29,30)15-7-5-3-4-6-14-31-2/h8-13,16H,3-7,14-15H2,1-2H3,(H,27,28). The van der Waals surface area contributed by atoms with Crippen molar-refractivity contribution in [3.63, 3.8) is 0 Å². The molecule has 0 unspecified atom stereocenters. The first-order chi connectivity index (χ1) is 15.8. The molecule has 33 heavy (non-hydrogen) atoms. The normalized spacial score (nSPS) is 11.6. The van der Waals surface area contributed by atoms with Crippen molar-refractivity contribution in [2.24, 2.45) is 0 Å². The Labute approximate surface area is 193 Å². The van der Waals surface area contributed by atoms with Crippen molar-refractivity contribution < 1.29 is 27.6 Å². The van der Waals surface area contributed by atoms with E-state index in [1.807, 2.05) is 0 Å². The monoisotopic (exact) mass is 472 g/mol. The molecule has 1 N–H and O–H groups in total. The molecule has 0 bridgehead atoms. The van der Waals surface area contributed by atoms with Gasteiger partial charge in [-0.1, -0.05) is 30.5 Å². The van der Waals surface area contributed by atoms with Crippen LogP contribution in [0.1, 0.15) is 48.0 Å². The number of ether oxygens (including phenoxy) is 1. The Morgan fingerprint density at radius 2 is 1.67 bits per heavy atom. The molecule has 0 amide bonds.